The predicted octanol–water partition coefficient (Wildman–Crippen LogP) is 18.7. The van der Waals surface area contributed by atoms with E-state index in [0.29, 0.717) is 0 Å². The van der Waals surface area contributed by atoms with E-state index < -0.39 is 0 Å². The Bertz CT molecular complexity index is 4180. The normalized spacial score (nSPS) is 13.2. The number of aromatic amines is 2. The quantitative estimate of drug-likeness (QED) is 0.180. The Balaban J connectivity index is 1.27. The molecule has 0 saturated heterocycles. The van der Waals surface area contributed by atoms with E-state index in [1.54, 1.807) is 0 Å². The molecule has 382 valence electrons. The van der Waals surface area contributed by atoms with Crippen molar-refractivity contribution in [2.45, 2.75) is 105 Å². The smallest absolute Gasteiger partial charge is 0.0973 e. The van der Waals surface area contributed by atoms with Gasteiger partial charge in [-0.15, -0.1) is 0 Å². The molecule has 2 aliphatic rings. The maximum absolute atomic E-state index is 5.95. The molecule has 0 atom stereocenters. The molecule has 0 spiro atoms. The summed E-state index contributed by atoms with van der Waals surface area (Å²) < 4.78 is 2.26. The largest absolute Gasteiger partial charge is 0.354 e. The molecular weight excluding hydrogens is 937 g/mol. The summed E-state index contributed by atoms with van der Waals surface area (Å²) in [6.07, 6.45) is 8.80. The van der Waals surface area contributed by atoms with Gasteiger partial charge in [0.05, 0.1) is 45.0 Å². The maximum atomic E-state index is 5.95. The van der Waals surface area contributed by atoms with Crippen molar-refractivity contribution in [3.05, 3.63) is 215 Å². The van der Waals surface area contributed by atoms with Crippen LogP contribution >= 0.6 is 0 Å². The number of hydrogen-bond donors (Lipinski definition) is 2. The molecule has 77 heavy (non-hydrogen) atoms. The summed E-state index contributed by atoms with van der Waals surface area (Å²) >= 11 is 0. The molecule has 0 saturated carbocycles. The molecule has 5 aromatic carbocycles. The van der Waals surface area contributed by atoms with Crippen LogP contribution in [0.3, 0.4) is 0 Å². The summed E-state index contributed by atoms with van der Waals surface area (Å²) in [5.41, 5.74) is 25.3. The lowest BCUT2D eigenvalue weighted by atomic mass is 9.86. The highest BCUT2D eigenvalue weighted by atomic mass is 14.9. The third-order valence-electron chi connectivity index (χ3n) is 15.6. The molecule has 6 heteroatoms. The van der Waals surface area contributed by atoms with E-state index >= 15 is 0 Å². The molecule has 0 aliphatic carbocycles. The summed E-state index contributed by atoms with van der Waals surface area (Å²) in [6.45, 7) is 27.2. The number of para-hydroxylation sites is 2. The number of nitrogens with one attached hydrogen (secondary N) is 2. The van der Waals surface area contributed by atoms with Gasteiger partial charge in [-0.05, 0) is 133 Å². The lowest BCUT2D eigenvalue weighted by molar-refractivity contribution is 0.590. The van der Waals surface area contributed by atoms with E-state index in [2.05, 4.69) is 280 Å². The first-order chi connectivity index (χ1) is 36.7. The third kappa shape index (κ3) is 9.03. The topological polar surface area (TPSA) is 74.7 Å². The molecule has 7 heterocycles. The highest BCUT2D eigenvalue weighted by Crippen LogP contribution is 2.44. The zero-order valence-electron chi connectivity index (χ0n) is 46.6. The van der Waals surface area contributed by atoms with Gasteiger partial charge in [-0.1, -0.05) is 192 Å². The van der Waals surface area contributed by atoms with Crippen molar-refractivity contribution in [3.63, 3.8) is 0 Å². The second-order valence-corrected chi connectivity index (χ2v) is 25.2. The van der Waals surface area contributed by atoms with Gasteiger partial charge in [-0.2, -0.15) is 0 Å². The van der Waals surface area contributed by atoms with Crippen molar-refractivity contribution < 1.29 is 0 Å². The van der Waals surface area contributed by atoms with Crippen molar-refractivity contribution in [2.24, 2.45) is 0 Å². The lowest BCUT2D eigenvalue weighted by Gasteiger charge is -2.19. The predicted molar refractivity (Wildman–Crippen MR) is 326 cm³/mol. The third-order valence-corrected chi connectivity index (χ3v) is 15.6. The lowest BCUT2D eigenvalue weighted by Crippen LogP contribution is -2.10. The summed E-state index contributed by atoms with van der Waals surface area (Å²) in [5.74, 6) is 0. The van der Waals surface area contributed by atoms with Crippen molar-refractivity contribution in [1.29, 1.82) is 0 Å². The monoisotopic (exact) mass is 1000 g/mol. The second-order valence-electron chi connectivity index (χ2n) is 25.2. The number of hydrogen-bond acceptors (Lipinski definition) is 3. The number of rotatable bonds is 5. The molecule has 0 unspecified atom stereocenters. The molecule has 0 radical (unpaired) electrons. The fourth-order valence-corrected chi connectivity index (χ4v) is 11.1. The van der Waals surface area contributed by atoms with E-state index in [4.69, 9.17) is 15.0 Å². The van der Waals surface area contributed by atoms with Crippen LogP contribution < -0.4 is 0 Å². The highest BCUT2D eigenvalue weighted by Gasteiger charge is 2.28. The summed E-state index contributed by atoms with van der Waals surface area (Å²) in [5, 5.41) is 0. The van der Waals surface area contributed by atoms with Crippen LogP contribution in [0.25, 0.3) is 107 Å². The van der Waals surface area contributed by atoms with Gasteiger partial charge in [0.15, 0.2) is 0 Å². The van der Waals surface area contributed by atoms with E-state index in [0.717, 1.165) is 117 Å². The molecule has 0 fully saturated rings. The van der Waals surface area contributed by atoms with Gasteiger partial charge in [0, 0.05) is 56.1 Å². The van der Waals surface area contributed by atoms with Crippen LogP contribution in [0.2, 0.25) is 0 Å². The Hall–Kier alpha value is -8.35. The van der Waals surface area contributed by atoms with Crippen molar-refractivity contribution >= 4 is 62.4 Å². The van der Waals surface area contributed by atoms with Gasteiger partial charge >= 0.3 is 0 Å². The van der Waals surface area contributed by atoms with Gasteiger partial charge in [-0.3, -0.25) is 0 Å². The minimum Gasteiger partial charge on any atom is -0.354 e. The Morgan fingerprint density at radius 3 is 1.14 bits per heavy atom. The first-order valence-electron chi connectivity index (χ1n) is 27.2. The summed E-state index contributed by atoms with van der Waals surface area (Å²) in [4.78, 5) is 25.2. The number of benzene rings is 5. The number of fused-ring (bicyclic) bond motifs is 11. The molecule has 10 aromatic rings. The first kappa shape index (κ1) is 49.5. The van der Waals surface area contributed by atoms with Crippen LogP contribution in [0, 0.1) is 0 Å². The van der Waals surface area contributed by atoms with E-state index in [9.17, 15) is 0 Å². The zero-order valence-corrected chi connectivity index (χ0v) is 46.6. The zero-order chi connectivity index (χ0) is 53.8. The molecule has 6 nitrogen and oxygen atoms in total. The number of aromatic nitrogens is 6. The SMILES string of the molecule is CC(C)(C)c1ccc(-c2c3nc(c(-c4ccc(C(C)(C)C)cc4)c4ccc([nH]4)c(-c4ccc(C(C)(C)C)cc4)c4nc(c(-c5ccc(C(C)(C)C)cc5)c5ccc2[nH]5)C=C4c2nc4ccccc4n4cccc24)C=C3)cc1. The van der Waals surface area contributed by atoms with Gasteiger partial charge in [-0.25, -0.2) is 15.0 Å². The average molecular weight is 1010 g/mol. The van der Waals surface area contributed by atoms with Crippen molar-refractivity contribution in [2.75, 3.05) is 0 Å². The summed E-state index contributed by atoms with van der Waals surface area (Å²) in [7, 11) is 0. The molecule has 8 bridgehead atoms. The van der Waals surface area contributed by atoms with Crippen LogP contribution in [0.15, 0.2) is 164 Å². The molecule has 0 amide bonds. The Kier molecular flexibility index (Phi) is 11.7. The fraction of sp³-hybridized carbons (Fsp3) is 0.225. The minimum absolute atomic E-state index is 0.00417. The molecule has 2 N–H and O–H groups in total. The first-order valence-corrected chi connectivity index (χ1v) is 27.2. The van der Waals surface area contributed by atoms with E-state index in [-0.39, 0.29) is 21.7 Å². The Labute approximate surface area is 453 Å². The Morgan fingerprint density at radius 1 is 0.338 bits per heavy atom. The van der Waals surface area contributed by atoms with Crippen LogP contribution in [0.1, 0.15) is 134 Å². The van der Waals surface area contributed by atoms with Gasteiger partial charge in [0.1, 0.15) is 0 Å². The average Bonchev–Trinajstić information content (AvgIpc) is 4.35. The minimum atomic E-state index is -0.0396. The fourth-order valence-electron chi connectivity index (χ4n) is 11.1. The van der Waals surface area contributed by atoms with Gasteiger partial charge < -0.3 is 14.4 Å². The van der Waals surface area contributed by atoms with Crippen LogP contribution in [0.4, 0.5) is 0 Å². The van der Waals surface area contributed by atoms with Crippen LogP contribution in [-0.2, 0) is 21.7 Å². The van der Waals surface area contributed by atoms with Gasteiger partial charge in [0.2, 0.25) is 0 Å². The van der Waals surface area contributed by atoms with Crippen molar-refractivity contribution in [3.8, 4) is 44.5 Å². The molecule has 12 rings (SSSR count). The second kappa shape index (κ2) is 18.2. The van der Waals surface area contributed by atoms with Crippen LogP contribution in [-0.4, -0.2) is 29.3 Å². The van der Waals surface area contributed by atoms with E-state index in [1.807, 2.05) is 0 Å². The molecular formula is C71H68N6. The number of nitrogens with zero attached hydrogens (tertiary/aromatic N) is 4. The van der Waals surface area contributed by atoms with Crippen LogP contribution in [0.5, 0.6) is 0 Å². The maximum Gasteiger partial charge on any atom is 0.0973 e. The highest BCUT2D eigenvalue weighted by molar-refractivity contribution is 6.07. The molecule has 5 aromatic heterocycles. The van der Waals surface area contributed by atoms with E-state index in [1.165, 1.54) is 22.3 Å². The standard InChI is InChI=1S/C71H68N6/c1-68(2,3)47-27-19-43(20-28-47)62-53-35-36-54(72-53)63(44-21-29-48(30-22-44)69(4,5)6)56-39-40-58(74-56)65(46-25-33-50(34-26-46)71(10,11)12)67-51(66-61-18-15-41-77(61)60-17-14-13-16-52(60)75-66)42-59(76-67)64(57-38-37-55(62)73-57)45-23-31-49(32-24-45)70(7,8)9/h13-42,73-74H,1-12H3. The van der Waals surface area contributed by atoms with Gasteiger partial charge in [0.25, 0.3) is 0 Å². The molecule has 2 aliphatic heterocycles. The Morgan fingerprint density at radius 2 is 0.714 bits per heavy atom. The summed E-state index contributed by atoms with van der Waals surface area (Å²) in [6, 6.07) is 57.9. The number of H-pyrrole nitrogens is 2. The van der Waals surface area contributed by atoms with Crippen molar-refractivity contribution in [1.82, 2.24) is 29.3 Å².